The molecule has 22 heavy (non-hydrogen) atoms. The first-order valence-electron chi connectivity index (χ1n) is 7.05. The van der Waals surface area contributed by atoms with Crippen LogP contribution in [0.25, 0.3) is 0 Å². The average molecular weight is 322 g/mol. The molecule has 0 saturated carbocycles. The Morgan fingerprint density at radius 1 is 1.05 bits per heavy atom. The zero-order chi connectivity index (χ0) is 15.9. The molecule has 0 unspecified atom stereocenters. The Morgan fingerprint density at radius 2 is 1.77 bits per heavy atom. The highest BCUT2D eigenvalue weighted by Gasteiger charge is 2.12. The van der Waals surface area contributed by atoms with E-state index in [9.17, 15) is 0 Å². The van der Waals surface area contributed by atoms with E-state index in [-0.39, 0.29) is 0 Å². The molecule has 0 aromatic heterocycles. The van der Waals surface area contributed by atoms with Crippen molar-refractivity contribution in [1.29, 1.82) is 0 Å². The molecule has 0 aliphatic carbocycles. The van der Waals surface area contributed by atoms with Crippen LogP contribution < -0.4 is 19.5 Å². The lowest BCUT2D eigenvalue weighted by atomic mass is 10.1. The third-order valence-corrected chi connectivity index (χ3v) is 3.40. The largest absolute Gasteiger partial charge is 0.497 e. The SMILES string of the molecule is CCOc1c(CNc2ccc(OC)cc2)cc(Cl)cc1OC. The zero-order valence-electron chi connectivity index (χ0n) is 13.0. The molecular formula is C17H20ClNO3. The van der Waals surface area contributed by atoms with E-state index >= 15 is 0 Å². The summed E-state index contributed by atoms with van der Waals surface area (Å²) in [5.41, 5.74) is 1.93. The minimum Gasteiger partial charge on any atom is -0.497 e. The summed E-state index contributed by atoms with van der Waals surface area (Å²) in [6.45, 7) is 3.08. The Labute approximate surface area is 136 Å². The molecular weight excluding hydrogens is 302 g/mol. The summed E-state index contributed by atoms with van der Waals surface area (Å²) in [7, 11) is 3.25. The van der Waals surface area contributed by atoms with E-state index in [0.29, 0.717) is 23.9 Å². The van der Waals surface area contributed by atoms with Gasteiger partial charge in [0.1, 0.15) is 5.75 Å². The van der Waals surface area contributed by atoms with E-state index in [1.807, 2.05) is 37.3 Å². The molecule has 1 N–H and O–H groups in total. The fraction of sp³-hybridized carbons (Fsp3) is 0.294. The first kappa shape index (κ1) is 16.3. The number of methoxy groups -OCH3 is 2. The van der Waals surface area contributed by atoms with E-state index in [0.717, 1.165) is 22.7 Å². The zero-order valence-corrected chi connectivity index (χ0v) is 13.7. The van der Waals surface area contributed by atoms with Gasteiger partial charge >= 0.3 is 0 Å². The second-order valence-corrected chi connectivity index (χ2v) is 5.05. The van der Waals surface area contributed by atoms with Crippen molar-refractivity contribution in [1.82, 2.24) is 0 Å². The van der Waals surface area contributed by atoms with Gasteiger partial charge in [-0.3, -0.25) is 0 Å². The molecule has 2 aromatic rings. The standard InChI is InChI=1S/C17H20ClNO3/c1-4-22-17-12(9-13(18)10-16(17)21-3)11-19-14-5-7-15(20-2)8-6-14/h5-10,19H,4,11H2,1-3H3. The van der Waals surface area contributed by atoms with Crippen molar-refractivity contribution in [3.63, 3.8) is 0 Å². The number of halogens is 1. The number of rotatable bonds is 7. The van der Waals surface area contributed by atoms with Crippen molar-refractivity contribution < 1.29 is 14.2 Å². The fourth-order valence-corrected chi connectivity index (χ4v) is 2.35. The molecule has 2 rings (SSSR count). The Hall–Kier alpha value is -2.07. The van der Waals surface area contributed by atoms with Crippen LogP contribution in [0.5, 0.6) is 17.2 Å². The highest BCUT2D eigenvalue weighted by molar-refractivity contribution is 6.30. The molecule has 0 saturated heterocycles. The van der Waals surface area contributed by atoms with E-state index in [1.165, 1.54) is 0 Å². The molecule has 0 atom stereocenters. The first-order chi connectivity index (χ1) is 10.7. The minimum atomic E-state index is 0.563. The van der Waals surface area contributed by atoms with Gasteiger partial charge in [-0.25, -0.2) is 0 Å². The molecule has 0 bridgehead atoms. The van der Waals surface area contributed by atoms with E-state index < -0.39 is 0 Å². The number of benzene rings is 2. The van der Waals surface area contributed by atoms with Crippen molar-refractivity contribution >= 4 is 17.3 Å². The Kier molecular flexibility index (Phi) is 5.78. The van der Waals surface area contributed by atoms with Crippen LogP contribution in [0.15, 0.2) is 36.4 Å². The van der Waals surface area contributed by atoms with Gasteiger partial charge in [0.2, 0.25) is 0 Å². The fourth-order valence-electron chi connectivity index (χ4n) is 2.12. The first-order valence-corrected chi connectivity index (χ1v) is 7.42. The van der Waals surface area contributed by atoms with Crippen LogP contribution in [-0.4, -0.2) is 20.8 Å². The lowest BCUT2D eigenvalue weighted by Gasteiger charge is -2.16. The number of hydrogen-bond acceptors (Lipinski definition) is 4. The minimum absolute atomic E-state index is 0.563. The number of nitrogens with one attached hydrogen (secondary N) is 1. The molecule has 0 aliphatic rings. The monoisotopic (exact) mass is 321 g/mol. The lowest BCUT2D eigenvalue weighted by molar-refractivity contribution is 0.308. The second-order valence-electron chi connectivity index (χ2n) is 4.61. The van der Waals surface area contributed by atoms with Gasteiger partial charge < -0.3 is 19.5 Å². The second kappa shape index (κ2) is 7.80. The highest BCUT2D eigenvalue weighted by Crippen LogP contribution is 2.35. The lowest BCUT2D eigenvalue weighted by Crippen LogP contribution is -2.05. The number of ether oxygens (including phenoxy) is 3. The van der Waals surface area contributed by atoms with Crippen LogP contribution in [-0.2, 0) is 6.54 Å². The molecule has 0 spiro atoms. The molecule has 0 fully saturated rings. The molecule has 0 heterocycles. The highest BCUT2D eigenvalue weighted by atomic mass is 35.5. The quantitative estimate of drug-likeness (QED) is 0.822. The summed E-state index contributed by atoms with van der Waals surface area (Å²) in [6.07, 6.45) is 0. The Balaban J connectivity index is 2.18. The van der Waals surface area contributed by atoms with Gasteiger partial charge in [0, 0.05) is 28.9 Å². The van der Waals surface area contributed by atoms with Gasteiger partial charge in [0.25, 0.3) is 0 Å². The average Bonchev–Trinajstić information content (AvgIpc) is 2.55. The molecule has 2 aromatic carbocycles. The van der Waals surface area contributed by atoms with Gasteiger partial charge in [-0.1, -0.05) is 11.6 Å². The van der Waals surface area contributed by atoms with Crippen LogP contribution in [0.1, 0.15) is 12.5 Å². The van der Waals surface area contributed by atoms with Crippen LogP contribution in [0.2, 0.25) is 5.02 Å². The van der Waals surface area contributed by atoms with Gasteiger partial charge in [-0.05, 0) is 37.3 Å². The topological polar surface area (TPSA) is 39.7 Å². The predicted octanol–water partition coefficient (Wildman–Crippen LogP) is 4.37. The van der Waals surface area contributed by atoms with E-state index in [4.69, 9.17) is 25.8 Å². The van der Waals surface area contributed by atoms with Crippen molar-refractivity contribution in [2.24, 2.45) is 0 Å². The maximum Gasteiger partial charge on any atom is 0.166 e. The number of anilines is 1. The van der Waals surface area contributed by atoms with Crippen molar-refractivity contribution in [3.8, 4) is 17.2 Å². The summed E-state index contributed by atoms with van der Waals surface area (Å²) < 4.78 is 16.2. The van der Waals surface area contributed by atoms with Gasteiger partial charge in [-0.15, -0.1) is 0 Å². The molecule has 0 radical (unpaired) electrons. The third-order valence-electron chi connectivity index (χ3n) is 3.18. The van der Waals surface area contributed by atoms with Crippen LogP contribution in [0.3, 0.4) is 0 Å². The van der Waals surface area contributed by atoms with Crippen LogP contribution >= 0.6 is 11.6 Å². The third kappa shape index (κ3) is 3.98. The van der Waals surface area contributed by atoms with Crippen molar-refractivity contribution in [2.75, 3.05) is 26.1 Å². The molecule has 0 amide bonds. The smallest absolute Gasteiger partial charge is 0.166 e. The Bertz CT molecular complexity index is 614. The summed E-state index contributed by atoms with van der Waals surface area (Å²) in [4.78, 5) is 0. The normalized spacial score (nSPS) is 10.2. The maximum absolute atomic E-state index is 6.14. The maximum atomic E-state index is 6.14. The van der Waals surface area contributed by atoms with Crippen molar-refractivity contribution in [2.45, 2.75) is 13.5 Å². The summed E-state index contributed by atoms with van der Waals surface area (Å²) >= 11 is 6.14. The molecule has 4 nitrogen and oxygen atoms in total. The predicted molar refractivity (Wildman–Crippen MR) is 89.5 cm³/mol. The Morgan fingerprint density at radius 3 is 2.36 bits per heavy atom. The molecule has 118 valence electrons. The van der Waals surface area contributed by atoms with Crippen molar-refractivity contribution in [3.05, 3.63) is 47.0 Å². The summed E-state index contributed by atoms with van der Waals surface area (Å²) in [6, 6.07) is 11.4. The van der Waals surface area contributed by atoms with Gasteiger partial charge in [0.05, 0.1) is 20.8 Å². The van der Waals surface area contributed by atoms with Gasteiger partial charge in [-0.2, -0.15) is 0 Å². The summed E-state index contributed by atoms with van der Waals surface area (Å²) in [5.74, 6) is 2.18. The molecule has 0 aliphatic heterocycles. The van der Waals surface area contributed by atoms with Crippen LogP contribution in [0.4, 0.5) is 5.69 Å². The number of hydrogen-bond donors (Lipinski definition) is 1. The van der Waals surface area contributed by atoms with Gasteiger partial charge in [0.15, 0.2) is 11.5 Å². The molecule has 5 heteroatoms. The van der Waals surface area contributed by atoms with E-state index in [1.54, 1.807) is 20.3 Å². The van der Waals surface area contributed by atoms with E-state index in [2.05, 4.69) is 5.32 Å². The van der Waals surface area contributed by atoms with Crippen LogP contribution in [0, 0.1) is 0 Å². The summed E-state index contributed by atoms with van der Waals surface area (Å²) in [5, 5.41) is 3.96.